The van der Waals surface area contributed by atoms with Crippen molar-refractivity contribution in [1.82, 2.24) is 0 Å². The second kappa shape index (κ2) is 5.13. The lowest BCUT2D eigenvalue weighted by Crippen LogP contribution is -2.35. The van der Waals surface area contributed by atoms with Crippen LogP contribution in [-0.2, 0) is 9.47 Å². The molecule has 1 radical (unpaired) electrons. The number of ether oxygens (including phenoxy) is 2. The van der Waals surface area contributed by atoms with Gasteiger partial charge in [-0.3, -0.25) is 0 Å². The van der Waals surface area contributed by atoms with Crippen LogP contribution in [0.2, 0.25) is 0 Å². The molecule has 0 unspecified atom stereocenters. The fourth-order valence-electron chi connectivity index (χ4n) is 1.10. The molecule has 0 saturated heterocycles. The quantitative estimate of drug-likeness (QED) is 0.647. The van der Waals surface area contributed by atoms with E-state index in [0.717, 1.165) is 12.8 Å². The molecule has 0 heterocycles. The van der Waals surface area contributed by atoms with Crippen molar-refractivity contribution in [3.8, 4) is 0 Å². The van der Waals surface area contributed by atoms with Crippen molar-refractivity contribution in [3.05, 3.63) is 6.92 Å². The Kier molecular flexibility index (Phi) is 5.10. The summed E-state index contributed by atoms with van der Waals surface area (Å²) >= 11 is 0. The summed E-state index contributed by atoms with van der Waals surface area (Å²) in [5.41, 5.74) is -0.323. The van der Waals surface area contributed by atoms with Gasteiger partial charge in [0.15, 0.2) is 6.29 Å². The molecule has 2 nitrogen and oxygen atoms in total. The monoisotopic (exact) mass is 201 g/mol. The minimum absolute atomic E-state index is 0.146. The van der Waals surface area contributed by atoms with E-state index < -0.39 is 0 Å². The summed E-state index contributed by atoms with van der Waals surface area (Å²) in [4.78, 5) is 0. The number of hydrogen-bond acceptors (Lipinski definition) is 2. The van der Waals surface area contributed by atoms with E-state index in [-0.39, 0.29) is 17.5 Å². The zero-order valence-corrected chi connectivity index (χ0v) is 10.5. The van der Waals surface area contributed by atoms with E-state index in [1.54, 1.807) is 0 Å². The Labute approximate surface area is 89.0 Å². The third kappa shape index (κ3) is 8.52. The van der Waals surface area contributed by atoms with Gasteiger partial charge in [-0.2, -0.15) is 0 Å². The molecular formula is C12H25O2. The first-order chi connectivity index (χ1) is 6.14. The maximum atomic E-state index is 5.79. The van der Waals surface area contributed by atoms with Crippen molar-refractivity contribution in [2.75, 3.05) is 0 Å². The van der Waals surface area contributed by atoms with Crippen LogP contribution < -0.4 is 0 Å². The van der Waals surface area contributed by atoms with Crippen molar-refractivity contribution in [1.29, 1.82) is 0 Å². The molecule has 2 heteroatoms. The van der Waals surface area contributed by atoms with Crippen LogP contribution in [0.5, 0.6) is 0 Å². The van der Waals surface area contributed by atoms with Crippen LogP contribution in [0.3, 0.4) is 0 Å². The van der Waals surface area contributed by atoms with Crippen LogP contribution in [0.1, 0.15) is 54.4 Å². The van der Waals surface area contributed by atoms with Crippen LogP contribution in [0, 0.1) is 6.92 Å². The highest BCUT2D eigenvalue weighted by Gasteiger charge is 2.23. The first kappa shape index (κ1) is 13.9. The molecule has 0 saturated carbocycles. The minimum atomic E-state index is -0.162. The number of hydrogen-bond donors (Lipinski definition) is 0. The summed E-state index contributed by atoms with van der Waals surface area (Å²) in [5, 5.41) is 0. The van der Waals surface area contributed by atoms with E-state index in [1.165, 1.54) is 0 Å². The zero-order chi connectivity index (χ0) is 11.4. The average molecular weight is 201 g/mol. The zero-order valence-electron chi connectivity index (χ0n) is 10.5. The topological polar surface area (TPSA) is 18.5 Å². The lowest BCUT2D eigenvalue weighted by Gasteiger charge is -2.32. The van der Waals surface area contributed by atoms with Gasteiger partial charge in [0, 0.05) is 0 Å². The summed E-state index contributed by atoms with van der Waals surface area (Å²) < 4.78 is 11.6. The van der Waals surface area contributed by atoms with Gasteiger partial charge in [0.2, 0.25) is 0 Å². The second-order valence-electron chi connectivity index (χ2n) is 5.53. The smallest absolute Gasteiger partial charge is 0.158 e. The molecule has 0 aromatic heterocycles. The lowest BCUT2D eigenvalue weighted by molar-refractivity contribution is -0.235. The Morgan fingerprint density at radius 2 is 1.29 bits per heavy atom. The summed E-state index contributed by atoms with van der Waals surface area (Å²) in [5.74, 6) is 0. The maximum Gasteiger partial charge on any atom is 0.158 e. The summed E-state index contributed by atoms with van der Waals surface area (Å²) in [6, 6.07) is 0. The fraction of sp³-hybridized carbons (Fsp3) is 0.917. The van der Waals surface area contributed by atoms with Gasteiger partial charge in [-0.1, -0.05) is 6.92 Å². The van der Waals surface area contributed by atoms with E-state index in [2.05, 4.69) is 6.92 Å². The second-order valence-corrected chi connectivity index (χ2v) is 5.53. The van der Waals surface area contributed by atoms with Gasteiger partial charge >= 0.3 is 0 Å². The van der Waals surface area contributed by atoms with Gasteiger partial charge in [0.05, 0.1) is 11.2 Å². The predicted octanol–water partition coefficient (Wildman–Crippen LogP) is 3.56. The Morgan fingerprint density at radius 1 is 0.929 bits per heavy atom. The van der Waals surface area contributed by atoms with E-state index in [0.29, 0.717) is 0 Å². The SMILES string of the molecule is [CH2]CCC(OC(C)(C)C)OC(C)(C)C. The summed E-state index contributed by atoms with van der Waals surface area (Å²) in [6.07, 6.45) is 1.53. The Hall–Kier alpha value is -0.0800. The standard InChI is InChI=1S/C12H25O2/c1-8-9-10(13-11(2,3)4)14-12(5,6)7/h10H,1,8-9H2,2-7H3. The van der Waals surface area contributed by atoms with E-state index in [4.69, 9.17) is 9.47 Å². The molecule has 14 heavy (non-hydrogen) atoms. The van der Waals surface area contributed by atoms with Crippen LogP contribution in [0.15, 0.2) is 0 Å². The van der Waals surface area contributed by atoms with Gasteiger partial charge in [-0.25, -0.2) is 0 Å². The molecule has 0 aliphatic rings. The van der Waals surface area contributed by atoms with Gasteiger partial charge in [-0.15, -0.1) is 0 Å². The highest BCUT2D eigenvalue weighted by Crippen LogP contribution is 2.20. The lowest BCUT2D eigenvalue weighted by atomic mass is 10.1. The van der Waals surface area contributed by atoms with E-state index >= 15 is 0 Å². The van der Waals surface area contributed by atoms with Crippen molar-refractivity contribution in [2.45, 2.75) is 71.9 Å². The molecular weight excluding hydrogens is 176 g/mol. The minimum Gasteiger partial charge on any atom is -0.347 e. The van der Waals surface area contributed by atoms with Crippen LogP contribution >= 0.6 is 0 Å². The van der Waals surface area contributed by atoms with Crippen molar-refractivity contribution in [2.24, 2.45) is 0 Å². The predicted molar refractivity (Wildman–Crippen MR) is 60.1 cm³/mol. The first-order valence-corrected chi connectivity index (χ1v) is 5.29. The fourth-order valence-corrected chi connectivity index (χ4v) is 1.10. The molecule has 0 spiro atoms. The van der Waals surface area contributed by atoms with E-state index in [1.807, 2.05) is 41.5 Å². The molecule has 0 N–H and O–H groups in total. The summed E-state index contributed by atoms with van der Waals surface area (Å²) in [6.45, 7) is 16.0. The average Bonchev–Trinajstić information content (AvgIpc) is 1.78. The van der Waals surface area contributed by atoms with Crippen LogP contribution in [-0.4, -0.2) is 17.5 Å². The Morgan fingerprint density at radius 3 is 1.50 bits per heavy atom. The van der Waals surface area contributed by atoms with Crippen molar-refractivity contribution < 1.29 is 9.47 Å². The highest BCUT2D eigenvalue weighted by molar-refractivity contribution is 4.66. The van der Waals surface area contributed by atoms with Crippen molar-refractivity contribution in [3.63, 3.8) is 0 Å². The van der Waals surface area contributed by atoms with Gasteiger partial charge < -0.3 is 9.47 Å². The molecule has 0 amide bonds. The van der Waals surface area contributed by atoms with Crippen molar-refractivity contribution >= 4 is 0 Å². The Balaban J connectivity index is 4.16. The third-order valence-corrected chi connectivity index (χ3v) is 1.41. The van der Waals surface area contributed by atoms with Gasteiger partial charge in [0.25, 0.3) is 0 Å². The normalized spacial score (nSPS) is 13.7. The van der Waals surface area contributed by atoms with Crippen LogP contribution in [0.25, 0.3) is 0 Å². The third-order valence-electron chi connectivity index (χ3n) is 1.41. The van der Waals surface area contributed by atoms with Gasteiger partial charge in [0.1, 0.15) is 0 Å². The molecule has 0 aromatic rings. The van der Waals surface area contributed by atoms with Gasteiger partial charge in [-0.05, 0) is 54.4 Å². The highest BCUT2D eigenvalue weighted by atomic mass is 16.7. The molecule has 0 aromatic carbocycles. The first-order valence-electron chi connectivity index (χ1n) is 5.29. The molecule has 0 bridgehead atoms. The molecule has 0 rings (SSSR count). The van der Waals surface area contributed by atoms with Crippen LogP contribution in [0.4, 0.5) is 0 Å². The summed E-state index contributed by atoms with van der Waals surface area (Å²) in [7, 11) is 0. The largest absolute Gasteiger partial charge is 0.347 e. The maximum absolute atomic E-state index is 5.79. The molecule has 0 fully saturated rings. The molecule has 85 valence electrons. The molecule has 0 aliphatic heterocycles. The molecule has 0 atom stereocenters. The molecule has 0 aliphatic carbocycles. The van der Waals surface area contributed by atoms with E-state index in [9.17, 15) is 0 Å². The number of rotatable bonds is 4. The Bertz CT molecular complexity index is 135.